The molecule has 2 N–H and O–H groups in total. The SMILES string of the molecule is c1ccc(C2CN=C([C@@H]3Cc4ccccc4CN3)N2)cc1. The zero-order chi connectivity index (χ0) is 14.1. The highest BCUT2D eigenvalue weighted by Gasteiger charge is 2.27. The van der Waals surface area contributed by atoms with E-state index in [0.29, 0.717) is 12.1 Å². The number of nitrogens with zero attached hydrogens (tertiary/aromatic N) is 1. The second kappa shape index (κ2) is 5.34. The number of hydrogen-bond acceptors (Lipinski definition) is 3. The zero-order valence-electron chi connectivity index (χ0n) is 11.9. The topological polar surface area (TPSA) is 36.4 Å². The van der Waals surface area contributed by atoms with Crippen LogP contribution in [0.5, 0.6) is 0 Å². The third kappa shape index (κ3) is 2.45. The summed E-state index contributed by atoms with van der Waals surface area (Å²) in [6.07, 6.45) is 1.02. The molecule has 0 radical (unpaired) electrons. The Bertz CT molecular complexity index is 663. The van der Waals surface area contributed by atoms with Crippen molar-refractivity contribution in [3.8, 4) is 0 Å². The van der Waals surface area contributed by atoms with Gasteiger partial charge in [0.2, 0.25) is 0 Å². The summed E-state index contributed by atoms with van der Waals surface area (Å²) in [6, 6.07) is 19.9. The molecule has 4 rings (SSSR count). The molecule has 0 aliphatic carbocycles. The molecule has 1 unspecified atom stereocenters. The first kappa shape index (κ1) is 12.6. The first-order chi connectivity index (χ1) is 10.4. The molecule has 2 aromatic rings. The van der Waals surface area contributed by atoms with Crippen molar-refractivity contribution in [2.75, 3.05) is 6.54 Å². The molecule has 2 aromatic carbocycles. The van der Waals surface area contributed by atoms with Crippen LogP contribution < -0.4 is 10.6 Å². The smallest absolute Gasteiger partial charge is 0.115 e. The highest BCUT2D eigenvalue weighted by atomic mass is 15.1. The fraction of sp³-hybridized carbons (Fsp3) is 0.278. The summed E-state index contributed by atoms with van der Waals surface area (Å²) in [7, 11) is 0. The second-order valence-electron chi connectivity index (χ2n) is 5.74. The molecule has 3 nitrogen and oxygen atoms in total. The third-order valence-electron chi connectivity index (χ3n) is 4.38. The molecule has 0 aromatic heterocycles. The first-order valence-corrected chi connectivity index (χ1v) is 7.56. The summed E-state index contributed by atoms with van der Waals surface area (Å²) in [4.78, 5) is 4.73. The molecule has 0 bridgehead atoms. The Balaban J connectivity index is 1.47. The lowest BCUT2D eigenvalue weighted by Gasteiger charge is -2.27. The summed E-state index contributed by atoms with van der Waals surface area (Å²) in [5.41, 5.74) is 4.16. The minimum Gasteiger partial charge on any atom is -0.364 e. The fourth-order valence-corrected chi connectivity index (χ4v) is 3.19. The van der Waals surface area contributed by atoms with E-state index in [9.17, 15) is 0 Å². The normalized spacial score (nSPS) is 24.1. The lowest BCUT2D eigenvalue weighted by atomic mass is 9.95. The number of aliphatic imine (C=N–C) groups is 1. The molecule has 3 heteroatoms. The zero-order valence-corrected chi connectivity index (χ0v) is 11.9. The van der Waals surface area contributed by atoms with Crippen LogP contribution in [0.2, 0.25) is 0 Å². The molecule has 2 aliphatic rings. The van der Waals surface area contributed by atoms with Gasteiger partial charge in [0.25, 0.3) is 0 Å². The van der Waals surface area contributed by atoms with Crippen LogP contribution in [0, 0.1) is 0 Å². The van der Waals surface area contributed by atoms with E-state index in [2.05, 4.69) is 65.2 Å². The number of hydrogen-bond donors (Lipinski definition) is 2. The lowest BCUT2D eigenvalue weighted by molar-refractivity contribution is 0.563. The Hall–Kier alpha value is -2.13. The van der Waals surface area contributed by atoms with Crippen LogP contribution in [0.1, 0.15) is 22.7 Å². The average molecular weight is 277 g/mol. The van der Waals surface area contributed by atoms with Crippen molar-refractivity contribution in [2.45, 2.75) is 25.0 Å². The van der Waals surface area contributed by atoms with Gasteiger partial charge in [-0.1, -0.05) is 54.6 Å². The van der Waals surface area contributed by atoms with Crippen LogP contribution in [0.25, 0.3) is 0 Å². The summed E-state index contributed by atoms with van der Waals surface area (Å²) in [5, 5.41) is 7.19. The van der Waals surface area contributed by atoms with Crippen LogP contribution in [0.3, 0.4) is 0 Å². The molecule has 21 heavy (non-hydrogen) atoms. The standard InChI is InChI=1S/C18H19N3/c1-2-6-13(7-3-1)17-12-20-18(21-17)16-10-14-8-4-5-9-15(14)11-19-16/h1-9,16-17,19H,10-12H2,(H,20,21)/t16-,17?/m0/s1. The maximum absolute atomic E-state index is 4.73. The summed E-state index contributed by atoms with van der Waals surface area (Å²) >= 11 is 0. The van der Waals surface area contributed by atoms with E-state index in [4.69, 9.17) is 4.99 Å². The van der Waals surface area contributed by atoms with Crippen molar-refractivity contribution < 1.29 is 0 Å². The van der Waals surface area contributed by atoms with Crippen LogP contribution in [0.4, 0.5) is 0 Å². The Morgan fingerprint density at radius 1 is 0.857 bits per heavy atom. The Kier molecular flexibility index (Phi) is 3.20. The van der Waals surface area contributed by atoms with E-state index in [-0.39, 0.29) is 0 Å². The number of amidine groups is 1. The molecule has 0 saturated heterocycles. The van der Waals surface area contributed by atoms with Crippen molar-refractivity contribution in [2.24, 2.45) is 4.99 Å². The number of fused-ring (bicyclic) bond motifs is 1. The van der Waals surface area contributed by atoms with Gasteiger partial charge in [-0.2, -0.15) is 0 Å². The molecule has 2 heterocycles. The number of benzene rings is 2. The molecule has 0 fully saturated rings. The van der Waals surface area contributed by atoms with Gasteiger partial charge in [0.15, 0.2) is 0 Å². The minimum atomic E-state index is 0.314. The van der Waals surface area contributed by atoms with E-state index in [1.807, 2.05) is 0 Å². The van der Waals surface area contributed by atoms with E-state index < -0.39 is 0 Å². The summed E-state index contributed by atoms with van der Waals surface area (Å²) in [6.45, 7) is 1.76. The summed E-state index contributed by atoms with van der Waals surface area (Å²) < 4.78 is 0. The Morgan fingerprint density at radius 3 is 2.48 bits per heavy atom. The van der Waals surface area contributed by atoms with E-state index in [0.717, 1.165) is 25.3 Å². The van der Waals surface area contributed by atoms with Gasteiger partial charge in [-0.25, -0.2) is 0 Å². The van der Waals surface area contributed by atoms with Crippen LogP contribution >= 0.6 is 0 Å². The van der Waals surface area contributed by atoms with E-state index in [1.165, 1.54) is 16.7 Å². The molecular formula is C18H19N3. The highest BCUT2D eigenvalue weighted by molar-refractivity contribution is 5.89. The van der Waals surface area contributed by atoms with Crippen molar-refractivity contribution in [1.82, 2.24) is 10.6 Å². The van der Waals surface area contributed by atoms with Gasteiger partial charge in [0, 0.05) is 6.54 Å². The molecule has 0 spiro atoms. The van der Waals surface area contributed by atoms with Crippen LogP contribution in [0.15, 0.2) is 59.6 Å². The Labute approximate surface area is 125 Å². The predicted octanol–water partition coefficient (Wildman–Crippen LogP) is 2.44. The van der Waals surface area contributed by atoms with Gasteiger partial charge in [-0.3, -0.25) is 4.99 Å². The number of nitrogens with one attached hydrogen (secondary N) is 2. The molecule has 106 valence electrons. The highest BCUT2D eigenvalue weighted by Crippen LogP contribution is 2.21. The lowest BCUT2D eigenvalue weighted by Crippen LogP contribution is -2.46. The van der Waals surface area contributed by atoms with Crippen LogP contribution in [-0.2, 0) is 13.0 Å². The van der Waals surface area contributed by atoms with Gasteiger partial charge in [-0.05, 0) is 23.1 Å². The van der Waals surface area contributed by atoms with Gasteiger partial charge in [0.1, 0.15) is 5.84 Å². The molecule has 2 aliphatic heterocycles. The average Bonchev–Trinajstić information content (AvgIpc) is 3.05. The van der Waals surface area contributed by atoms with E-state index >= 15 is 0 Å². The molecular weight excluding hydrogens is 258 g/mol. The van der Waals surface area contributed by atoms with Gasteiger partial charge < -0.3 is 10.6 Å². The fourth-order valence-electron chi connectivity index (χ4n) is 3.19. The number of rotatable bonds is 2. The monoisotopic (exact) mass is 277 g/mol. The van der Waals surface area contributed by atoms with Crippen LogP contribution in [-0.4, -0.2) is 18.4 Å². The largest absolute Gasteiger partial charge is 0.364 e. The maximum Gasteiger partial charge on any atom is 0.115 e. The van der Waals surface area contributed by atoms with Crippen molar-refractivity contribution in [3.63, 3.8) is 0 Å². The maximum atomic E-state index is 4.73. The molecule has 0 amide bonds. The summed E-state index contributed by atoms with van der Waals surface area (Å²) in [5.74, 6) is 1.11. The van der Waals surface area contributed by atoms with Crippen molar-refractivity contribution in [1.29, 1.82) is 0 Å². The van der Waals surface area contributed by atoms with E-state index in [1.54, 1.807) is 0 Å². The Morgan fingerprint density at radius 2 is 1.62 bits per heavy atom. The third-order valence-corrected chi connectivity index (χ3v) is 4.38. The van der Waals surface area contributed by atoms with Crippen molar-refractivity contribution >= 4 is 5.84 Å². The molecule has 2 atom stereocenters. The van der Waals surface area contributed by atoms with Gasteiger partial charge in [0.05, 0.1) is 18.6 Å². The van der Waals surface area contributed by atoms with Crippen molar-refractivity contribution in [3.05, 3.63) is 71.3 Å². The quantitative estimate of drug-likeness (QED) is 0.884. The molecule has 0 saturated carbocycles. The van der Waals surface area contributed by atoms with Gasteiger partial charge in [-0.15, -0.1) is 0 Å². The predicted molar refractivity (Wildman–Crippen MR) is 85.4 cm³/mol. The second-order valence-corrected chi connectivity index (χ2v) is 5.74. The first-order valence-electron chi connectivity index (χ1n) is 7.56. The minimum absolute atomic E-state index is 0.314. The van der Waals surface area contributed by atoms with Gasteiger partial charge >= 0.3 is 0 Å².